The molecule has 0 saturated heterocycles. The van der Waals surface area contributed by atoms with Crippen LogP contribution < -0.4 is 0 Å². The third-order valence-electron chi connectivity index (χ3n) is 10.6. The molecule has 0 spiro atoms. The largest absolute Gasteiger partial charge is 0.507 e. The molecule has 0 amide bonds. The van der Waals surface area contributed by atoms with Crippen molar-refractivity contribution >= 4 is 10.8 Å². The zero-order valence-corrected chi connectivity index (χ0v) is 25.7. The lowest BCUT2D eigenvalue weighted by Crippen LogP contribution is -2.26. The standard InChI is InChI=1S/C38H47NO2/c1-25-20-29(35(40)31(22-25)37(3)16-10-6-11-17-37)33(34-28-15-9-8-14-27(28)24-39(34)5)30-21-26(2)23-32(36(30)41)38(4)18-12-7-13-19-38/h8-9,14-15,20-24,33,40-41H,6-7,10-13,16-19H2,1-5H3. The maximum atomic E-state index is 12.3. The van der Waals surface area contributed by atoms with E-state index in [1.165, 1.54) is 43.9 Å². The van der Waals surface area contributed by atoms with E-state index in [9.17, 15) is 10.2 Å². The summed E-state index contributed by atoms with van der Waals surface area (Å²) in [4.78, 5) is 0. The molecule has 3 aromatic carbocycles. The summed E-state index contributed by atoms with van der Waals surface area (Å²) in [5.74, 6) is 0.500. The minimum atomic E-state index is -0.309. The first-order valence-corrected chi connectivity index (χ1v) is 15.8. The molecule has 2 N–H and O–H groups in total. The van der Waals surface area contributed by atoms with Crippen LogP contribution in [0.5, 0.6) is 11.5 Å². The van der Waals surface area contributed by atoms with Crippen LogP contribution in [0.25, 0.3) is 10.8 Å². The van der Waals surface area contributed by atoms with E-state index in [1.54, 1.807) is 0 Å². The van der Waals surface area contributed by atoms with Gasteiger partial charge >= 0.3 is 0 Å². The number of benzene rings is 3. The van der Waals surface area contributed by atoms with Crippen LogP contribution in [0.4, 0.5) is 0 Å². The topological polar surface area (TPSA) is 45.4 Å². The van der Waals surface area contributed by atoms with Crippen LogP contribution in [-0.2, 0) is 17.9 Å². The Morgan fingerprint density at radius 1 is 0.683 bits per heavy atom. The number of fused-ring (bicyclic) bond motifs is 1. The Labute approximate surface area is 246 Å². The van der Waals surface area contributed by atoms with Crippen molar-refractivity contribution in [3.05, 3.63) is 93.8 Å². The number of phenolic OH excluding ortho intramolecular Hbond substituents is 2. The van der Waals surface area contributed by atoms with Gasteiger partial charge in [0, 0.05) is 46.6 Å². The van der Waals surface area contributed by atoms with E-state index >= 15 is 0 Å². The molecule has 2 aliphatic carbocycles. The van der Waals surface area contributed by atoms with Crippen molar-refractivity contribution in [2.75, 3.05) is 0 Å². The molecule has 0 bridgehead atoms. The summed E-state index contributed by atoms with van der Waals surface area (Å²) in [5.41, 5.74) is 7.30. The molecule has 1 aromatic heterocycles. The van der Waals surface area contributed by atoms with Crippen molar-refractivity contribution in [3.8, 4) is 11.5 Å². The van der Waals surface area contributed by atoms with Gasteiger partial charge in [0.15, 0.2) is 0 Å². The van der Waals surface area contributed by atoms with Crippen LogP contribution in [0.15, 0.2) is 54.7 Å². The van der Waals surface area contributed by atoms with E-state index in [1.807, 2.05) is 0 Å². The highest BCUT2D eigenvalue weighted by molar-refractivity contribution is 5.87. The Kier molecular flexibility index (Phi) is 7.20. The van der Waals surface area contributed by atoms with Gasteiger partial charge in [0.05, 0.1) is 5.92 Å². The number of hydrogen-bond donors (Lipinski definition) is 2. The molecule has 2 saturated carbocycles. The average molecular weight is 550 g/mol. The van der Waals surface area contributed by atoms with E-state index in [2.05, 4.69) is 94.0 Å². The second-order valence-corrected chi connectivity index (χ2v) is 13.9. The van der Waals surface area contributed by atoms with Gasteiger partial charge < -0.3 is 14.8 Å². The SMILES string of the molecule is Cc1cc(C(c2cc(C)cc(C3(C)CCCCC3)c2O)c2c3ccccc3cn2C)c(O)c(C2(C)CCCCC2)c1. The quantitative estimate of drug-likeness (QED) is 0.260. The normalized spacial score (nSPS) is 18.7. The lowest BCUT2D eigenvalue weighted by Gasteiger charge is -2.37. The third-order valence-corrected chi connectivity index (χ3v) is 10.6. The van der Waals surface area contributed by atoms with Crippen molar-refractivity contribution in [1.82, 2.24) is 4.57 Å². The summed E-state index contributed by atoms with van der Waals surface area (Å²) in [6.45, 7) is 8.99. The molecule has 2 fully saturated rings. The Morgan fingerprint density at radius 3 is 1.63 bits per heavy atom. The van der Waals surface area contributed by atoms with Gasteiger partial charge in [-0.2, -0.15) is 0 Å². The number of phenols is 2. The van der Waals surface area contributed by atoms with Crippen molar-refractivity contribution in [1.29, 1.82) is 0 Å². The first kappa shape index (κ1) is 27.9. The Balaban J connectivity index is 1.65. The van der Waals surface area contributed by atoms with Crippen molar-refractivity contribution < 1.29 is 10.2 Å². The van der Waals surface area contributed by atoms with E-state index in [0.717, 1.165) is 70.1 Å². The Bertz CT molecular complexity index is 1500. The minimum Gasteiger partial charge on any atom is -0.507 e. The van der Waals surface area contributed by atoms with Crippen LogP contribution in [0.1, 0.15) is 123 Å². The molecule has 0 unspecified atom stereocenters. The molecule has 6 rings (SSSR count). The lowest BCUT2D eigenvalue weighted by atomic mass is 9.68. The highest BCUT2D eigenvalue weighted by Crippen LogP contribution is 2.52. The molecule has 4 aromatic rings. The summed E-state index contributed by atoms with van der Waals surface area (Å²) in [6.07, 6.45) is 13.9. The van der Waals surface area contributed by atoms with E-state index in [0.29, 0.717) is 11.5 Å². The van der Waals surface area contributed by atoms with Crippen LogP contribution in [-0.4, -0.2) is 14.8 Å². The van der Waals surface area contributed by atoms with E-state index in [-0.39, 0.29) is 16.7 Å². The van der Waals surface area contributed by atoms with Crippen molar-refractivity contribution in [3.63, 3.8) is 0 Å². The predicted molar refractivity (Wildman–Crippen MR) is 170 cm³/mol. The number of rotatable bonds is 5. The van der Waals surface area contributed by atoms with Crippen LogP contribution in [0.3, 0.4) is 0 Å². The third kappa shape index (κ3) is 4.86. The predicted octanol–water partition coefficient (Wildman–Crippen LogP) is 9.83. The Morgan fingerprint density at radius 2 is 1.15 bits per heavy atom. The van der Waals surface area contributed by atoms with Crippen LogP contribution in [0.2, 0.25) is 0 Å². The van der Waals surface area contributed by atoms with Gasteiger partial charge in [0.2, 0.25) is 0 Å². The summed E-state index contributed by atoms with van der Waals surface area (Å²) in [7, 11) is 2.11. The smallest absolute Gasteiger partial charge is 0.123 e. The molecule has 1 heterocycles. The van der Waals surface area contributed by atoms with Crippen molar-refractivity contribution in [2.45, 2.75) is 109 Å². The molecule has 3 nitrogen and oxygen atoms in total. The van der Waals surface area contributed by atoms with Gasteiger partial charge in [0.1, 0.15) is 11.5 Å². The van der Waals surface area contributed by atoms with Crippen molar-refractivity contribution in [2.24, 2.45) is 7.05 Å². The molecule has 3 heteroatoms. The zero-order chi connectivity index (χ0) is 28.9. The van der Waals surface area contributed by atoms with Gasteiger partial charge in [0.25, 0.3) is 0 Å². The molecule has 216 valence electrons. The first-order valence-electron chi connectivity index (χ1n) is 15.8. The maximum Gasteiger partial charge on any atom is 0.123 e. The van der Waals surface area contributed by atoms with E-state index < -0.39 is 0 Å². The molecular weight excluding hydrogens is 502 g/mol. The number of nitrogens with zero attached hydrogens (tertiary/aromatic N) is 1. The zero-order valence-electron chi connectivity index (χ0n) is 25.7. The molecule has 0 radical (unpaired) electrons. The van der Waals surface area contributed by atoms with Gasteiger partial charge in [-0.3, -0.25) is 0 Å². The second-order valence-electron chi connectivity index (χ2n) is 13.9. The molecule has 0 aliphatic heterocycles. The fraction of sp³-hybridized carbons (Fsp3) is 0.474. The first-order chi connectivity index (χ1) is 19.6. The fourth-order valence-electron chi connectivity index (χ4n) is 8.31. The van der Waals surface area contributed by atoms with Gasteiger partial charge in [-0.25, -0.2) is 0 Å². The molecular formula is C38H47NO2. The minimum absolute atomic E-state index is 0.0423. The summed E-state index contributed by atoms with van der Waals surface area (Å²) in [6, 6.07) is 17.3. The van der Waals surface area contributed by atoms with E-state index in [4.69, 9.17) is 0 Å². The number of hydrogen-bond acceptors (Lipinski definition) is 2. The monoisotopic (exact) mass is 549 g/mol. The van der Waals surface area contributed by atoms with Crippen LogP contribution in [0, 0.1) is 13.8 Å². The Hall–Kier alpha value is -3.20. The average Bonchev–Trinajstić information content (AvgIpc) is 3.28. The number of aromatic nitrogens is 1. The summed E-state index contributed by atoms with van der Waals surface area (Å²) >= 11 is 0. The highest BCUT2D eigenvalue weighted by atomic mass is 16.3. The van der Waals surface area contributed by atoms with Gasteiger partial charge in [-0.15, -0.1) is 0 Å². The molecule has 2 aliphatic rings. The van der Waals surface area contributed by atoms with Crippen LogP contribution >= 0.6 is 0 Å². The fourth-order valence-corrected chi connectivity index (χ4v) is 8.31. The lowest BCUT2D eigenvalue weighted by molar-refractivity contribution is 0.306. The van der Waals surface area contributed by atoms with Gasteiger partial charge in [-0.1, -0.05) is 112 Å². The maximum absolute atomic E-state index is 12.3. The molecule has 0 atom stereocenters. The number of aryl methyl sites for hydroxylation is 3. The number of aromatic hydroxyl groups is 2. The van der Waals surface area contributed by atoms with Gasteiger partial charge in [-0.05, 0) is 55.7 Å². The summed E-state index contributed by atoms with van der Waals surface area (Å²) in [5, 5.41) is 26.9. The second kappa shape index (κ2) is 10.6. The highest BCUT2D eigenvalue weighted by Gasteiger charge is 2.37. The summed E-state index contributed by atoms with van der Waals surface area (Å²) < 4.78 is 2.21. The molecule has 41 heavy (non-hydrogen) atoms.